The Bertz CT molecular complexity index is 544. The minimum atomic E-state index is -1.66. The topological polar surface area (TPSA) is 37.3 Å². The number of fused-ring (bicyclic) bond motifs is 5. The molecule has 22 heavy (non-hydrogen) atoms. The lowest BCUT2D eigenvalue weighted by Gasteiger charge is -2.60. The van der Waals surface area contributed by atoms with Crippen molar-refractivity contribution >= 4 is 5.78 Å². The molecule has 4 aliphatic carbocycles. The first kappa shape index (κ1) is 14.9. The smallest absolute Gasteiger partial charge is 0.178 e. The van der Waals surface area contributed by atoms with Crippen molar-refractivity contribution in [3.8, 4) is 0 Å². The van der Waals surface area contributed by atoms with Gasteiger partial charge < -0.3 is 5.11 Å². The molecule has 0 aliphatic heterocycles. The lowest BCUT2D eigenvalue weighted by Crippen LogP contribution is -2.63. The molecular formula is C19H27FO2. The molecule has 2 nitrogen and oxygen atoms in total. The number of ketones is 1. The molecule has 0 aromatic rings. The van der Waals surface area contributed by atoms with Gasteiger partial charge in [0.1, 0.15) is 0 Å². The maximum Gasteiger partial charge on any atom is 0.178 e. The summed E-state index contributed by atoms with van der Waals surface area (Å²) < 4.78 is 15.6. The summed E-state index contributed by atoms with van der Waals surface area (Å²) in [5, 5.41) is 10.4. The summed E-state index contributed by atoms with van der Waals surface area (Å²) in [5.74, 6) is 0.760. The highest BCUT2D eigenvalue weighted by Gasteiger charge is 2.67. The molecule has 0 unspecified atom stereocenters. The molecule has 7 atom stereocenters. The zero-order chi connectivity index (χ0) is 15.8. The number of hydrogen-bond donors (Lipinski definition) is 1. The number of carbonyl (C=O) groups excluding carboxylic acids is 1. The molecule has 4 rings (SSSR count). The summed E-state index contributed by atoms with van der Waals surface area (Å²) >= 11 is 0. The SMILES string of the molecule is C[C@]12CC[C@H]3[C@@H](CC(=O)[C@@]4(F)CC=CC[C@]34C)[C@@H]1CC[C@@H]2O. The Morgan fingerprint density at radius 2 is 1.86 bits per heavy atom. The Hall–Kier alpha value is -0.700. The number of aliphatic hydroxyl groups is 1. The maximum atomic E-state index is 15.6. The first-order valence-corrected chi connectivity index (χ1v) is 8.88. The molecule has 122 valence electrons. The number of hydrogen-bond acceptors (Lipinski definition) is 2. The Morgan fingerprint density at radius 1 is 1.14 bits per heavy atom. The van der Waals surface area contributed by atoms with Crippen LogP contribution in [0.2, 0.25) is 0 Å². The molecule has 4 aliphatic rings. The average molecular weight is 306 g/mol. The van der Waals surface area contributed by atoms with Gasteiger partial charge in [-0.1, -0.05) is 26.0 Å². The zero-order valence-electron chi connectivity index (χ0n) is 13.6. The Morgan fingerprint density at radius 3 is 2.64 bits per heavy atom. The third-order valence-electron chi connectivity index (χ3n) is 8.08. The molecule has 0 radical (unpaired) electrons. The van der Waals surface area contributed by atoms with E-state index < -0.39 is 11.1 Å². The van der Waals surface area contributed by atoms with Crippen LogP contribution in [0.25, 0.3) is 0 Å². The molecule has 1 N–H and O–H groups in total. The monoisotopic (exact) mass is 306 g/mol. The van der Waals surface area contributed by atoms with E-state index in [1.54, 1.807) is 0 Å². The Kier molecular flexibility index (Phi) is 3.00. The molecular weight excluding hydrogens is 279 g/mol. The molecule has 0 bridgehead atoms. The second-order valence-electron chi connectivity index (χ2n) is 8.74. The van der Waals surface area contributed by atoms with E-state index in [2.05, 4.69) is 13.0 Å². The van der Waals surface area contributed by atoms with Crippen LogP contribution in [0.3, 0.4) is 0 Å². The van der Waals surface area contributed by atoms with Gasteiger partial charge in [0, 0.05) is 18.3 Å². The number of halogens is 1. The Balaban J connectivity index is 1.76. The Labute approximate surface area is 132 Å². The second kappa shape index (κ2) is 4.43. The van der Waals surface area contributed by atoms with Crippen molar-refractivity contribution in [1.82, 2.24) is 0 Å². The average Bonchev–Trinajstić information content (AvgIpc) is 2.78. The van der Waals surface area contributed by atoms with Gasteiger partial charge >= 0.3 is 0 Å². The van der Waals surface area contributed by atoms with E-state index in [1.807, 2.05) is 13.0 Å². The van der Waals surface area contributed by atoms with Crippen molar-refractivity contribution in [2.75, 3.05) is 0 Å². The number of carbonyl (C=O) groups is 1. The van der Waals surface area contributed by atoms with Crippen molar-refractivity contribution in [1.29, 1.82) is 0 Å². The fraction of sp³-hybridized carbons (Fsp3) is 0.842. The number of rotatable bonds is 0. The number of aliphatic hydroxyl groups excluding tert-OH is 1. The lowest BCUT2D eigenvalue weighted by molar-refractivity contribution is -0.175. The maximum absolute atomic E-state index is 15.6. The molecule has 0 heterocycles. The van der Waals surface area contributed by atoms with Gasteiger partial charge in [-0.15, -0.1) is 0 Å². The molecule has 3 saturated carbocycles. The molecule has 0 aromatic carbocycles. The van der Waals surface area contributed by atoms with Crippen LogP contribution < -0.4 is 0 Å². The van der Waals surface area contributed by atoms with Crippen molar-refractivity contribution in [3.05, 3.63) is 12.2 Å². The summed E-state index contributed by atoms with van der Waals surface area (Å²) in [6.07, 6.45) is 8.78. The van der Waals surface area contributed by atoms with Gasteiger partial charge in [0.2, 0.25) is 0 Å². The highest BCUT2D eigenvalue weighted by molar-refractivity contribution is 5.90. The van der Waals surface area contributed by atoms with Crippen LogP contribution in [-0.2, 0) is 4.79 Å². The summed E-state index contributed by atoms with van der Waals surface area (Å²) in [6.45, 7) is 4.20. The summed E-state index contributed by atoms with van der Waals surface area (Å²) in [5.41, 5.74) is -2.26. The largest absolute Gasteiger partial charge is 0.393 e. The van der Waals surface area contributed by atoms with Crippen LogP contribution in [0.15, 0.2) is 12.2 Å². The van der Waals surface area contributed by atoms with Crippen LogP contribution in [0.4, 0.5) is 4.39 Å². The van der Waals surface area contributed by atoms with Gasteiger partial charge in [0.05, 0.1) is 6.10 Å². The number of Topliss-reactive ketones (excluding diaryl/α,β-unsaturated/α-hetero) is 1. The second-order valence-corrected chi connectivity index (χ2v) is 8.74. The van der Waals surface area contributed by atoms with Gasteiger partial charge in [-0.3, -0.25) is 4.79 Å². The van der Waals surface area contributed by atoms with Gasteiger partial charge in [0.25, 0.3) is 0 Å². The summed E-state index contributed by atoms with van der Waals surface area (Å²) in [4.78, 5) is 12.7. The quantitative estimate of drug-likeness (QED) is 0.691. The molecule has 0 amide bonds. The zero-order valence-corrected chi connectivity index (χ0v) is 13.6. The summed E-state index contributed by atoms with van der Waals surface area (Å²) in [6, 6.07) is 0. The van der Waals surface area contributed by atoms with Crippen molar-refractivity contribution < 1.29 is 14.3 Å². The number of allylic oxidation sites excluding steroid dienone is 2. The van der Waals surface area contributed by atoms with Crippen LogP contribution in [0.5, 0.6) is 0 Å². The van der Waals surface area contributed by atoms with E-state index in [0.717, 1.165) is 25.7 Å². The van der Waals surface area contributed by atoms with E-state index in [1.165, 1.54) is 0 Å². The first-order chi connectivity index (χ1) is 10.3. The van der Waals surface area contributed by atoms with Crippen LogP contribution in [0.1, 0.15) is 58.8 Å². The lowest BCUT2D eigenvalue weighted by atomic mass is 9.44. The fourth-order valence-corrected chi connectivity index (χ4v) is 6.56. The van der Waals surface area contributed by atoms with E-state index in [4.69, 9.17) is 0 Å². The molecule has 3 fully saturated rings. The van der Waals surface area contributed by atoms with Crippen molar-refractivity contribution in [3.63, 3.8) is 0 Å². The summed E-state index contributed by atoms with van der Waals surface area (Å²) in [7, 11) is 0. The highest BCUT2D eigenvalue weighted by Crippen LogP contribution is 2.66. The van der Waals surface area contributed by atoms with E-state index >= 15 is 4.39 Å². The molecule has 0 spiro atoms. The predicted molar refractivity (Wildman–Crippen MR) is 83.0 cm³/mol. The normalized spacial score (nSPS) is 57.2. The minimum Gasteiger partial charge on any atom is -0.393 e. The minimum absolute atomic E-state index is 0.0569. The van der Waals surface area contributed by atoms with Gasteiger partial charge in [-0.25, -0.2) is 4.39 Å². The van der Waals surface area contributed by atoms with Crippen LogP contribution >= 0.6 is 0 Å². The van der Waals surface area contributed by atoms with Gasteiger partial charge in [-0.2, -0.15) is 0 Å². The number of alkyl halides is 1. The molecule has 3 heteroatoms. The standard InChI is InChI=1S/C19H27FO2/c1-17-10-7-14-12(13(17)5-6-15(17)21)11-16(22)19(20)9-4-3-8-18(14,19)2/h3-4,12-15,21H,5-11H2,1-2H3/t12-,13-,14-,15-,17-,18+,19-/m0/s1. The highest BCUT2D eigenvalue weighted by atomic mass is 19.1. The van der Waals surface area contributed by atoms with Gasteiger partial charge in [-0.05, 0) is 55.3 Å². The van der Waals surface area contributed by atoms with Crippen molar-refractivity contribution in [2.24, 2.45) is 28.6 Å². The van der Waals surface area contributed by atoms with E-state index in [-0.39, 0.29) is 35.6 Å². The molecule has 0 saturated heterocycles. The van der Waals surface area contributed by atoms with Crippen molar-refractivity contribution in [2.45, 2.75) is 70.6 Å². The van der Waals surface area contributed by atoms with E-state index in [0.29, 0.717) is 18.8 Å². The first-order valence-electron chi connectivity index (χ1n) is 8.88. The molecule has 0 aromatic heterocycles. The third kappa shape index (κ3) is 1.56. The predicted octanol–water partition coefficient (Wildman–Crippen LogP) is 3.83. The fourth-order valence-electron chi connectivity index (χ4n) is 6.56. The van der Waals surface area contributed by atoms with Crippen LogP contribution in [0, 0.1) is 28.6 Å². The van der Waals surface area contributed by atoms with Crippen LogP contribution in [-0.4, -0.2) is 22.7 Å². The van der Waals surface area contributed by atoms with E-state index in [9.17, 15) is 9.90 Å². The van der Waals surface area contributed by atoms with Gasteiger partial charge in [0.15, 0.2) is 11.5 Å². The third-order valence-corrected chi connectivity index (χ3v) is 8.08.